The van der Waals surface area contributed by atoms with Crippen molar-refractivity contribution in [2.75, 3.05) is 33.5 Å². The van der Waals surface area contributed by atoms with Gasteiger partial charge in [0.25, 0.3) is 0 Å². The Hall–Kier alpha value is -4.89. The first kappa shape index (κ1) is 30.6. The molecule has 1 heterocycles. The number of hydrazone groups is 1. The van der Waals surface area contributed by atoms with Gasteiger partial charge in [0.2, 0.25) is 0 Å². The Kier molecular flexibility index (Phi) is 11.2. The van der Waals surface area contributed by atoms with Crippen LogP contribution < -0.4 is 35.0 Å². The highest BCUT2D eigenvalue weighted by atomic mass is 16.5. The second-order valence-corrected chi connectivity index (χ2v) is 8.55. The number of esters is 1. The molecule has 2 amide bonds. The van der Waals surface area contributed by atoms with E-state index in [-0.39, 0.29) is 18.8 Å². The minimum Gasteiger partial charge on any atom is -0.490 e. The highest BCUT2D eigenvalue weighted by Crippen LogP contribution is 2.35. The summed E-state index contributed by atoms with van der Waals surface area (Å²) in [5.74, 6) is 3.60. The van der Waals surface area contributed by atoms with Crippen molar-refractivity contribution < 1.29 is 38.4 Å². The molecule has 3 rings (SSSR count). The molecular formula is C29H34N4O8. The molecule has 4 N–H and O–H groups in total. The number of aliphatic hydroxyl groups excluding tert-OH is 1. The molecule has 2 aromatic rings. The number of carbonyl (C=O) groups is 2. The first-order chi connectivity index (χ1) is 19.8. The normalized spacial score (nSPS) is 15.3. The van der Waals surface area contributed by atoms with Crippen LogP contribution in [0.4, 0.5) is 4.79 Å². The lowest BCUT2D eigenvalue weighted by Crippen LogP contribution is -2.45. The Bertz CT molecular complexity index is 1330. The number of amides is 2. The van der Waals surface area contributed by atoms with Crippen LogP contribution in [0, 0.1) is 12.3 Å². The van der Waals surface area contributed by atoms with Crippen LogP contribution in [0.3, 0.4) is 0 Å². The van der Waals surface area contributed by atoms with E-state index in [9.17, 15) is 14.7 Å². The van der Waals surface area contributed by atoms with E-state index >= 15 is 0 Å². The van der Waals surface area contributed by atoms with E-state index in [1.807, 2.05) is 13.8 Å². The number of carbonyl (C=O) groups excluding carboxylic acids is 2. The van der Waals surface area contributed by atoms with Gasteiger partial charge in [-0.25, -0.2) is 9.59 Å². The van der Waals surface area contributed by atoms with Gasteiger partial charge < -0.3 is 39.4 Å². The van der Waals surface area contributed by atoms with Crippen molar-refractivity contribution in [1.29, 1.82) is 0 Å². The van der Waals surface area contributed by atoms with Gasteiger partial charge in [0.1, 0.15) is 13.2 Å². The standard InChI is InChI=1S/C29H34N4O8/c1-6-13-40-21-11-9-19(14-23(21)38-7-2)16-30-33-25(34)17-41-22-12-10-20(15-24(22)39-8-3)27-26(28(35)37-5)18(4)31-29(36)32-27/h1,9-12,14-16,25,27,33-34H,7-8,13,17H2,2-5H3,(H2,31,32,36)/b30-16-/t25-,27+/m0/s1. The largest absolute Gasteiger partial charge is 0.490 e. The summed E-state index contributed by atoms with van der Waals surface area (Å²) >= 11 is 0. The van der Waals surface area contributed by atoms with E-state index in [2.05, 4.69) is 27.1 Å². The summed E-state index contributed by atoms with van der Waals surface area (Å²) < 4.78 is 27.5. The highest BCUT2D eigenvalue weighted by molar-refractivity contribution is 5.95. The van der Waals surface area contributed by atoms with Crippen molar-refractivity contribution in [2.45, 2.75) is 33.0 Å². The van der Waals surface area contributed by atoms with Crippen LogP contribution in [0.5, 0.6) is 23.0 Å². The van der Waals surface area contributed by atoms with Crippen molar-refractivity contribution >= 4 is 18.2 Å². The average molecular weight is 567 g/mol. The van der Waals surface area contributed by atoms with Gasteiger partial charge in [0.15, 0.2) is 29.2 Å². The lowest BCUT2D eigenvalue weighted by molar-refractivity contribution is -0.136. The molecule has 12 nitrogen and oxygen atoms in total. The maximum atomic E-state index is 12.4. The summed E-state index contributed by atoms with van der Waals surface area (Å²) in [6, 6.07) is 9.02. The zero-order chi connectivity index (χ0) is 29.8. The van der Waals surface area contributed by atoms with Crippen molar-refractivity contribution in [3.05, 3.63) is 58.8 Å². The van der Waals surface area contributed by atoms with Gasteiger partial charge >= 0.3 is 12.0 Å². The molecule has 0 aromatic heterocycles. The molecule has 0 bridgehead atoms. The Morgan fingerprint density at radius 2 is 1.78 bits per heavy atom. The van der Waals surface area contributed by atoms with Gasteiger partial charge in [-0.3, -0.25) is 5.43 Å². The number of hydrogen-bond acceptors (Lipinski definition) is 10. The number of benzene rings is 2. The third-order valence-electron chi connectivity index (χ3n) is 5.69. The van der Waals surface area contributed by atoms with Gasteiger partial charge in [0.05, 0.1) is 38.2 Å². The second kappa shape index (κ2) is 15.0. The number of ether oxygens (including phenoxy) is 5. The molecule has 12 heteroatoms. The number of methoxy groups -OCH3 is 1. The van der Waals surface area contributed by atoms with Gasteiger partial charge in [-0.1, -0.05) is 12.0 Å². The molecule has 0 unspecified atom stereocenters. The Morgan fingerprint density at radius 3 is 2.46 bits per heavy atom. The quantitative estimate of drug-likeness (QED) is 0.0890. The lowest BCUT2D eigenvalue weighted by Gasteiger charge is -2.28. The predicted molar refractivity (Wildman–Crippen MR) is 151 cm³/mol. The molecule has 1 aliphatic heterocycles. The van der Waals surface area contributed by atoms with Gasteiger partial charge in [-0.05, 0) is 62.2 Å². The number of hydrogen-bond donors (Lipinski definition) is 4. The van der Waals surface area contributed by atoms with E-state index in [0.29, 0.717) is 53.0 Å². The fourth-order valence-corrected chi connectivity index (χ4v) is 3.93. The predicted octanol–water partition coefficient (Wildman–Crippen LogP) is 2.62. The van der Waals surface area contributed by atoms with Crippen LogP contribution in [0.15, 0.2) is 52.8 Å². The van der Waals surface area contributed by atoms with Gasteiger partial charge in [-0.2, -0.15) is 5.10 Å². The molecule has 0 saturated heterocycles. The zero-order valence-corrected chi connectivity index (χ0v) is 23.4. The zero-order valence-electron chi connectivity index (χ0n) is 23.4. The molecule has 0 saturated carbocycles. The molecule has 0 spiro atoms. The molecule has 0 fully saturated rings. The summed E-state index contributed by atoms with van der Waals surface area (Å²) in [4.78, 5) is 24.5. The van der Waals surface area contributed by atoms with Crippen LogP contribution in [0.1, 0.15) is 37.9 Å². The van der Waals surface area contributed by atoms with Crippen LogP contribution in [-0.2, 0) is 9.53 Å². The molecule has 41 heavy (non-hydrogen) atoms. The van der Waals surface area contributed by atoms with E-state index in [1.165, 1.54) is 13.3 Å². The van der Waals surface area contributed by atoms with Gasteiger partial charge in [-0.15, -0.1) is 6.42 Å². The molecule has 0 aliphatic carbocycles. The number of nitrogens with one attached hydrogen (secondary N) is 3. The molecule has 2 atom stereocenters. The van der Waals surface area contributed by atoms with Crippen LogP contribution in [0.25, 0.3) is 0 Å². The minimum absolute atomic E-state index is 0.120. The molecule has 0 radical (unpaired) electrons. The average Bonchev–Trinajstić information content (AvgIpc) is 2.95. The highest BCUT2D eigenvalue weighted by Gasteiger charge is 2.32. The fraction of sp³-hybridized carbons (Fsp3) is 0.345. The number of aliphatic hydroxyl groups is 1. The summed E-state index contributed by atoms with van der Waals surface area (Å²) in [5, 5.41) is 19.7. The Morgan fingerprint density at radius 1 is 1.10 bits per heavy atom. The van der Waals surface area contributed by atoms with E-state index in [0.717, 1.165) is 0 Å². The second-order valence-electron chi connectivity index (χ2n) is 8.55. The van der Waals surface area contributed by atoms with Crippen molar-refractivity contribution in [1.82, 2.24) is 16.1 Å². The Labute approximate surface area is 238 Å². The van der Waals surface area contributed by atoms with E-state index in [4.69, 9.17) is 30.1 Å². The number of urea groups is 1. The number of terminal acetylenes is 1. The third kappa shape index (κ3) is 8.30. The van der Waals surface area contributed by atoms with Gasteiger partial charge in [0, 0.05) is 5.70 Å². The summed E-state index contributed by atoms with van der Waals surface area (Å²) in [6.45, 7) is 6.03. The number of allylic oxidation sites excluding steroid dienone is 1. The first-order valence-corrected chi connectivity index (χ1v) is 12.9. The number of rotatable bonds is 14. The molecule has 1 aliphatic rings. The van der Waals surface area contributed by atoms with Crippen molar-refractivity contribution in [2.24, 2.45) is 5.10 Å². The molecule has 218 valence electrons. The molecule has 2 aromatic carbocycles. The minimum atomic E-state index is -1.15. The summed E-state index contributed by atoms with van der Waals surface area (Å²) in [6.07, 6.45) is 5.62. The maximum absolute atomic E-state index is 12.4. The summed E-state index contributed by atoms with van der Waals surface area (Å²) in [7, 11) is 1.27. The van der Waals surface area contributed by atoms with Crippen LogP contribution >= 0.6 is 0 Å². The maximum Gasteiger partial charge on any atom is 0.337 e. The molecular weight excluding hydrogens is 532 g/mol. The van der Waals surface area contributed by atoms with Crippen molar-refractivity contribution in [3.8, 4) is 35.3 Å². The van der Waals surface area contributed by atoms with Crippen molar-refractivity contribution in [3.63, 3.8) is 0 Å². The third-order valence-corrected chi connectivity index (χ3v) is 5.69. The van der Waals surface area contributed by atoms with E-state index in [1.54, 1.807) is 43.3 Å². The SMILES string of the molecule is C#CCOc1ccc(/C=N\N[C@@H](O)COc2ccc([C@H]3NC(=O)NC(C)=C3C(=O)OC)cc2OCC)cc1OCC. The fourth-order valence-electron chi connectivity index (χ4n) is 3.93. The number of nitrogens with zero attached hydrogens (tertiary/aromatic N) is 1. The first-order valence-electron chi connectivity index (χ1n) is 12.9. The van der Waals surface area contributed by atoms with Crippen LogP contribution in [0.2, 0.25) is 0 Å². The summed E-state index contributed by atoms with van der Waals surface area (Å²) in [5.41, 5.74) is 4.55. The van der Waals surface area contributed by atoms with Crippen LogP contribution in [-0.4, -0.2) is 63.1 Å². The smallest absolute Gasteiger partial charge is 0.337 e. The van der Waals surface area contributed by atoms with E-state index < -0.39 is 24.3 Å². The topological polar surface area (TPSA) is 149 Å². The Balaban J connectivity index is 1.67. The lowest BCUT2D eigenvalue weighted by atomic mass is 9.95. The monoisotopic (exact) mass is 566 g/mol.